The predicted octanol–water partition coefficient (Wildman–Crippen LogP) is 4.50. The Morgan fingerprint density at radius 1 is 1.24 bits per heavy atom. The number of nitrogens with zero attached hydrogens (tertiary/aromatic N) is 1. The first kappa shape index (κ1) is 18.3. The molecule has 2 rings (SSSR count). The van der Waals surface area contributed by atoms with E-state index in [1.54, 1.807) is 0 Å². The number of benzene rings is 2. The van der Waals surface area contributed by atoms with Crippen LogP contribution in [0.2, 0.25) is 5.02 Å². The first-order chi connectivity index (χ1) is 11.8. The number of nitro benzene ring substituents is 1. The summed E-state index contributed by atoms with van der Waals surface area (Å²) in [4.78, 5) is 22.0. The Hall–Kier alpha value is -3.00. The molecule has 0 saturated heterocycles. The summed E-state index contributed by atoms with van der Waals surface area (Å²) in [5, 5.41) is 13.3. The molecule has 1 amide bonds. The van der Waals surface area contributed by atoms with Crippen LogP contribution in [0, 0.1) is 10.1 Å². The molecule has 2 aromatic rings. The lowest BCUT2D eigenvalue weighted by molar-refractivity contribution is -0.384. The van der Waals surface area contributed by atoms with Gasteiger partial charge in [0.2, 0.25) is 5.91 Å². The van der Waals surface area contributed by atoms with Gasteiger partial charge in [-0.3, -0.25) is 14.9 Å². The van der Waals surface area contributed by atoms with E-state index in [-0.39, 0.29) is 16.5 Å². The van der Waals surface area contributed by atoms with E-state index in [9.17, 15) is 23.7 Å². The van der Waals surface area contributed by atoms with E-state index in [2.05, 4.69) is 10.1 Å². The van der Waals surface area contributed by atoms with E-state index in [1.807, 2.05) is 0 Å². The average Bonchev–Trinajstić information content (AvgIpc) is 2.55. The van der Waals surface area contributed by atoms with Gasteiger partial charge in [0.25, 0.3) is 5.69 Å². The summed E-state index contributed by atoms with van der Waals surface area (Å²) >= 11 is 5.70. The molecule has 130 valence electrons. The number of halogens is 3. The Morgan fingerprint density at radius 2 is 1.92 bits per heavy atom. The number of anilines is 1. The largest absolute Gasteiger partial charge is 0.435 e. The summed E-state index contributed by atoms with van der Waals surface area (Å²) in [6.45, 7) is -2.92. The molecular weight excluding hydrogens is 358 g/mol. The maximum atomic E-state index is 12.0. The summed E-state index contributed by atoms with van der Waals surface area (Å²) < 4.78 is 28.3. The Labute approximate surface area is 145 Å². The van der Waals surface area contributed by atoms with Crippen molar-refractivity contribution < 1.29 is 23.2 Å². The van der Waals surface area contributed by atoms with Crippen molar-refractivity contribution in [3.8, 4) is 5.75 Å². The molecule has 9 heteroatoms. The first-order valence-electron chi connectivity index (χ1n) is 6.83. The van der Waals surface area contributed by atoms with Gasteiger partial charge < -0.3 is 10.1 Å². The van der Waals surface area contributed by atoms with E-state index in [4.69, 9.17) is 11.6 Å². The number of amides is 1. The van der Waals surface area contributed by atoms with E-state index < -0.39 is 17.4 Å². The second-order valence-electron chi connectivity index (χ2n) is 4.69. The van der Waals surface area contributed by atoms with Gasteiger partial charge in [-0.05, 0) is 42.0 Å². The van der Waals surface area contributed by atoms with Crippen molar-refractivity contribution in [3.63, 3.8) is 0 Å². The molecule has 0 aliphatic rings. The van der Waals surface area contributed by atoms with Crippen molar-refractivity contribution in [1.29, 1.82) is 0 Å². The van der Waals surface area contributed by atoms with Crippen LogP contribution in [0.4, 0.5) is 20.2 Å². The molecular formula is C16H11ClF2N2O4. The maximum Gasteiger partial charge on any atom is 0.387 e. The fraction of sp³-hybridized carbons (Fsp3) is 0.0625. The van der Waals surface area contributed by atoms with E-state index >= 15 is 0 Å². The van der Waals surface area contributed by atoms with Gasteiger partial charge in [0.05, 0.1) is 4.92 Å². The third-order valence-corrected chi connectivity index (χ3v) is 3.26. The Kier molecular flexibility index (Phi) is 6.02. The number of ether oxygens (including phenoxy) is 1. The number of alkyl halides is 2. The molecule has 1 N–H and O–H groups in total. The topological polar surface area (TPSA) is 81.5 Å². The molecule has 0 heterocycles. The van der Waals surface area contributed by atoms with Crippen molar-refractivity contribution in [2.75, 3.05) is 5.32 Å². The van der Waals surface area contributed by atoms with E-state index in [1.165, 1.54) is 54.6 Å². The predicted molar refractivity (Wildman–Crippen MR) is 88.8 cm³/mol. The second-order valence-corrected chi connectivity index (χ2v) is 5.10. The number of rotatable bonds is 6. The molecule has 0 aliphatic carbocycles. The Balaban J connectivity index is 2.01. The molecule has 6 nitrogen and oxygen atoms in total. The van der Waals surface area contributed by atoms with Crippen LogP contribution < -0.4 is 10.1 Å². The lowest BCUT2D eigenvalue weighted by Crippen LogP contribution is -2.08. The number of nitro groups is 1. The smallest absolute Gasteiger partial charge is 0.387 e. The normalized spacial score (nSPS) is 10.9. The minimum absolute atomic E-state index is 0.00212. The van der Waals surface area contributed by atoms with Gasteiger partial charge in [-0.2, -0.15) is 8.78 Å². The molecule has 0 aliphatic heterocycles. The van der Waals surface area contributed by atoms with Crippen molar-refractivity contribution >= 4 is 35.0 Å². The van der Waals surface area contributed by atoms with Crippen LogP contribution in [-0.2, 0) is 4.79 Å². The molecule has 0 saturated carbocycles. The second kappa shape index (κ2) is 8.20. The fourth-order valence-electron chi connectivity index (χ4n) is 1.85. The monoisotopic (exact) mass is 368 g/mol. The van der Waals surface area contributed by atoms with Crippen LogP contribution in [0.5, 0.6) is 5.75 Å². The van der Waals surface area contributed by atoms with Gasteiger partial charge in [0.1, 0.15) is 10.8 Å². The van der Waals surface area contributed by atoms with Gasteiger partial charge in [0, 0.05) is 17.8 Å². The third-order valence-electron chi connectivity index (χ3n) is 2.94. The molecule has 0 atom stereocenters. The molecule has 0 fully saturated rings. The van der Waals surface area contributed by atoms with Gasteiger partial charge >= 0.3 is 6.61 Å². The molecule has 0 aromatic heterocycles. The van der Waals surface area contributed by atoms with Gasteiger partial charge in [-0.25, -0.2) is 0 Å². The van der Waals surface area contributed by atoms with E-state index in [0.717, 1.165) is 0 Å². The number of hydrogen-bond acceptors (Lipinski definition) is 4. The fourth-order valence-corrected chi connectivity index (χ4v) is 2.04. The molecule has 2 aromatic carbocycles. The standard InChI is InChI=1S/C16H11ClF2N2O4/c17-13-7-1-10(9-14(13)21(23)24)2-8-15(22)20-11-3-5-12(6-4-11)25-16(18)19/h1-9,16H,(H,20,22)/b8-2+. The van der Waals surface area contributed by atoms with Crippen molar-refractivity contribution in [1.82, 2.24) is 0 Å². The Morgan fingerprint density at radius 3 is 2.52 bits per heavy atom. The number of carbonyl (C=O) groups is 1. The third kappa shape index (κ3) is 5.54. The summed E-state index contributed by atoms with van der Waals surface area (Å²) in [5.41, 5.74) is 0.532. The highest BCUT2D eigenvalue weighted by Crippen LogP contribution is 2.25. The van der Waals surface area contributed by atoms with Crippen LogP contribution >= 0.6 is 11.6 Å². The van der Waals surface area contributed by atoms with Gasteiger partial charge in [0.15, 0.2) is 0 Å². The zero-order valence-electron chi connectivity index (χ0n) is 12.5. The first-order valence-corrected chi connectivity index (χ1v) is 7.21. The highest BCUT2D eigenvalue weighted by Gasteiger charge is 2.11. The molecule has 0 spiro atoms. The van der Waals surface area contributed by atoms with Crippen LogP contribution in [0.1, 0.15) is 5.56 Å². The van der Waals surface area contributed by atoms with Crippen molar-refractivity contribution in [2.45, 2.75) is 6.61 Å². The highest BCUT2D eigenvalue weighted by molar-refractivity contribution is 6.32. The number of nitrogens with one attached hydrogen (secondary N) is 1. The van der Waals surface area contributed by atoms with Crippen LogP contribution in [-0.4, -0.2) is 17.4 Å². The Bertz CT molecular complexity index is 810. The minimum atomic E-state index is -2.92. The van der Waals surface area contributed by atoms with Crippen LogP contribution in [0.3, 0.4) is 0 Å². The highest BCUT2D eigenvalue weighted by atomic mass is 35.5. The van der Waals surface area contributed by atoms with Crippen LogP contribution in [0.25, 0.3) is 6.08 Å². The molecule has 0 bridgehead atoms. The average molecular weight is 369 g/mol. The van der Waals surface area contributed by atoms with Crippen molar-refractivity contribution in [2.24, 2.45) is 0 Å². The lowest BCUT2D eigenvalue weighted by Gasteiger charge is -2.06. The molecule has 0 radical (unpaired) electrons. The SMILES string of the molecule is O=C(/C=C/c1ccc(Cl)c([N+](=O)[O-])c1)Nc1ccc(OC(F)F)cc1. The van der Waals surface area contributed by atoms with Gasteiger partial charge in [-0.1, -0.05) is 17.7 Å². The minimum Gasteiger partial charge on any atom is -0.435 e. The summed E-state index contributed by atoms with van der Waals surface area (Å²) in [5.74, 6) is -0.530. The number of carbonyl (C=O) groups excluding carboxylic acids is 1. The quantitative estimate of drug-likeness (QED) is 0.462. The lowest BCUT2D eigenvalue weighted by atomic mass is 10.2. The number of hydrogen-bond donors (Lipinski definition) is 1. The molecule has 25 heavy (non-hydrogen) atoms. The maximum absolute atomic E-state index is 12.0. The summed E-state index contributed by atoms with van der Waals surface area (Å²) in [7, 11) is 0. The van der Waals surface area contributed by atoms with Crippen LogP contribution in [0.15, 0.2) is 48.5 Å². The van der Waals surface area contributed by atoms with E-state index in [0.29, 0.717) is 11.3 Å². The zero-order valence-corrected chi connectivity index (χ0v) is 13.2. The van der Waals surface area contributed by atoms with Gasteiger partial charge in [-0.15, -0.1) is 0 Å². The van der Waals surface area contributed by atoms with Crippen molar-refractivity contribution in [3.05, 3.63) is 69.2 Å². The zero-order chi connectivity index (χ0) is 18.4. The summed E-state index contributed by atoms with van der Waals surface area (Å²) in [6.07, 6.45) is 2.56. The molecule has 0 unspecified atom stereocenters. The summed E-state index contributed by atoms with van der Waals surface area (Å²) in [6, 6.07) is 9.49.